The van der Waals surface area contributed by atoms with Crippen LogP contribution in [0.2, 0.25) is 18.1 Å². The summed E-state index contributed by atoms with van der Waals surface area (Å²) in [7, 11) is -2.39. The van der Waals surface area contributed by atoms with Crippen molar-refractivity contribution in [2.24, 2.45) is 5.92 Å². The molecular weight excluding hydrogens is 591 g/mol. The predicted octanol–water partition coefficient (Wildman–Crippen LogP) is 6.67. The molecule has 2 saturated heterocycles. The van der Waals surface area contributed by atoms with E-state index in [1.54, 1.807) is 11.4 Å². The number of rotatable bonds is 7. The third-order valence-electron chi connectivity index (χ3n) is 8.96. The average Bonchev–Trinajstić information content (AvgIpc) is 3.48. The van der Waals surface area contributed by atoms with E-state index < -0.39 is 38.6 Å². The fourth-order valence-corrected chi connectivity index (χ4v) is 13.8. The van der Waals surface area contributed by atoms with Crippen LogP contribution in [0.5, 0.6) is 5.88 Å². The van der Waals surface area contributed by atoms with Crippen LogP contribution in [-0.4, -0.2) is 68.8 Å². The second-order valence-electron chi connectivity index (χ2n) is 12.9. The van der Waals surface area contributed by atoms with Crippen LogP contribution in [-0.2, 0) is 30.0 Å². The smallest absolute Gasteiger partial charge is 0.248 e. The number of fused-ring (bicyclic) bond motifs is 2. The van der Waals surface area contributed by atoms with Gasteiger partial charge in [-0.25, -0.2) is 14.4 Å². The average molecular weight is 631 g/mol. The number of ether oxygens (including phenoxy) is 1. The minimum Gasteiger partial charge on any atom is -0.492 e. The molecule has 222 valence electrons. The van der Waals surface area contributed by atoms with Crippen LogP contribution in [0.15, 0.2) is 24.8 Å². The van der Waals surface area contributed by atoms with Gasteiger partial charge in [0.15, 0.2) is 31.9 Å². The third-order valence-corrected chi connectivity index (χ3v) is 19.3. The third kappa shape index (κ3) is 5.57. The van der Waals surface area contributed by atoms with Crippen molar-refractivity contribution in [3.63, 3.8) is 0 Å². The molecule has 0 bridgehead atoms. The summed E-state index contributed by atoms with van der Waals surface area (Å²) in [5.74, 6) is 0.144. The van der Waals surface area contributed by atoms with E-state index in [9.17, 15) is 5.11 Å². The summed E-state index contributed by atoms with van der Waals surface area (Å²) >= 11 is 7.61. The van der Waals surface area contributed by atoms with E-state index in [0.29, 0.717) is 5.92 Å². The van der Waals surface area contributed by atoms with Crippen molar-refractivity contribution in [1.29, 1.82) is 0 Å². The lowest BCUT2D eigenvalue weighted by atomic mass is 9.77. The first-order chi connectivity index (χ1) is 18.5. The summed E-state index contributed by atoms with van der Waals surface area (Å²) in [6.45, 7) is 19.0. The predicted molar refractivity (Wildman–Crippen MR) is 161 cm³/mol. The summed E-state index contributed by atoms with van der Waals surface area (Å²) in [5, 5.41) is 9.96. The number of aromatic nitrogens is 4. The molecule has 4 heterocycles. The number of hydrogen-bond acceptors (Lipinski definition) is 10. The van der Waals surface area contributed by atoms with Crippen LogP contribution >= 0.6 is 17.1 Å². The van der Waals surface area contributed by atoms with Gasteiger partial charge in [0.05, 0.1) is 19.0 Å². The SMILES string of the molecule is C=C(C)[C@@H]1CC[C@]2(C)SP(=S)(OC[C@H]3O[C@@H](n4cnc5c(O)ncnc54)[C@H](F)[C@@H]3O[Si](C)(C)C(C)(C)C)O[C@H]2C1. The molecule has 2 aromatic rings. The first-order valence-corrected chi connectivity index (χ1v) is 20.6. The molecule has 0 aromatic carbocycles. The highest BCUT2D eigenvalue weighted by Crippen LogP contribution is 2.75. The van der Waals surface area contributed by atoms with Gasteiger partial charge in [0.1, 0.15) is 18.5 Å². The highest BCUT2D eigenvalue weighted by atomic mass is 32.9. The molecule has 1 N–H and O–H groups in total. The van der Waals surface area contributed by atoms with Crippen molar-refractivity contribution in [2.45, 2.75) is 107 Å². The van der Waals surface area contributed by atoms with E-state index >= 15 is 4.39 Å². The Labute approximate surface area is 245 Å². The Kier molecular flexibility index (Phi) is 8.14. The van der Waals surface area contributed by atoms with Crippen LogP contribution in [0.4, 0.5) is 4.39 Å². The van der Waals surface area contributed by atoms with E-state index in [1.165, 1.54) is 22.8 Å². The summed E-state index contributed by atoms with van der Waals surface area (Å²) in [4.78, 5) is 12.2. The van der Waals surface area contributed by atoms with Gasteiger partial charge in [0.2, 0.25) is 11.6 Å². The molecule has 2 aromatic heterocycles. The Bertz CT molecular complexity index is 1340. The van der Waals surface area contributed by atoms with E-state index in [-0.39, 0.29) is 39.5 Å². The largest absolute Gasteiger partial charge is 0.492 e. The molecule has 0 amide bonds. The number of nitrogens with zero attached hydrogens (tertiary/aromatic N) is 4. The zero-order valence-electron chi connectivity index (χ0n) is 24.2. The fourth-order valence-electron chi connectivity index (χ4n) is 5.34. The molecular formula is C26H40FN4O5PS2Si. The summed E-state index contributed by atoms with van der Waals surface area (Å²) in [5.41, 5.74) is -1.08. The lowest BCUT2D eigenvalue weighted by Gasteiger charge is -2.39. The number of halogens is 1. The molecule has 5 rings (SSSR count). The van der Waals surface area contributed by atoms with Crippen molar-refractivity contribution < 1.29 is 27.7 Å². The van der Waals surface area contributed by atoms with Crippen LogP contribution in [0.25, 0.3) is 11.2 Å². The van der Waals surface area contributed by atoms with Crippen molar-refractivity contribution in [1.82, 2.24) is 19.5 Å². The zero-order valence-corrected chi connectivity index (χ0v) is 27.7. The number of allylic oxidation sites excluding steroid dienone is 1. The monoisotopic (exact) mass is 630 g/mol. The van der Waals surface area contributed by atoms with Crippen molar-refractivity contribution >= 4 is 48.4 Å². The van der Waals surface area contributed by atoms with Crippen molar-refractivity contribution in [2.75, 3.05) is 6.61 Å². The van der Waals surface area contributed by atoms with Gasteiger partial charge in [0, 0.05) is 4.75 Å². The number of hydrogen-bond donors (Lipinski definition) is 1. The molecule has 14 heteroatoms. The maximum Gasteiger partial charge on any atom is 0.248 e. The van der Waals surface area contributed by atoms with Crippen molar-refractivity contribution in [3.05, 3.63) is 24.8 Å². The summed E-state index contributed by atoms with van der Waals surface area (Å²) in [6, 6.07) is 0. The first-order valence-electron chi connectivity index (χ1n) is 13.7. The van der Waals surface area contributed by atoms with Gasteiger partial charge in [-0.1, -0.05) is 44.3 Å². The van der Waals surface area contributed by atoms with Crippen LogP contribution in [0.3, 0.4) is 0 Å². The van der Waals surface area contributed by atoms with Gasteiger partial charge in [0.25, 0.3) is 0 Å². The molecule has 3 fully saturated rings. The Hall–Kier alpha value is -0.923. The molecule has 8 atom stereocenters. The molecule has 9 nitrogen and oxygen atoms in total. The van der Waals surface area contributed by atoms with Gasteiger partial charge in [-0.2, -0.15) is 4.98 Å². The standard InChI is InChI=1S/C26H40FN4O5PS2Si/c1-15(2)16-9-10-26(6)18(11-16)35-37(38,39-26)33-12-17-21(36-40(7,8)25(3,4)5)19(27)24(34-17)31-14-30-20-22(31)28-13-29-23(20)32/h13-14,16-19,21,24H,1,9-12H2,2-8H3,(H,28,29,32)/t16-,17-,18+,19-,21-,24-,26+,37?/m1/s1. The fraction of sp³-hybridized carbons (Fsp3) is 0.731. The minimum atomic E-state index is -2.70. The Morgan fingerprint density at radius 3 is 2.77 bits per heavy atom. The Morgan fingerprint density at radius 2 is 2.10 bits per heavy atom. The molecule has 1 aliphatic carbocycles. The molecule has 0 spiro atoms. The number of aromatic hydroxyl groups is 1. The molecule has 2 aliphatic heterocycles. The first kappa shape index (κ1) is 30.5. The van der Waals surface area contributed by atoms with Gasteiger partial charge < -0.3 is 23.3 Å². The molecule has 1 unspecified atom stereocenters. The topological polar surface area (TPSA) is 101 Å². The van der Waals surface area contributed by atoms with Crippen LogP contribution in [0.1, 0.15) is 60.1 Å². The minimum absolute atomic E-state index is 0.00564. The molecule has 0 radical (unpaired) electrons. The molecule has 40 heavy (non-hydrogen) atoms. The summed E-state index contributed by atoms with van der Waals surface area (Å²) < 4.78 is 43.5. The van der Waals surface area contributed by atoms with Gasteiger partial charge in [-0.3, -0.25) is 4.57 Å². The van der Waals surface area contributed by atoms with E-state index in [2.05, 4.69) is 69.2 Å². The lowest BCUT2D eigenvalue weighted by molar-refractivity contribution is -0.0405. The van der Waals surface area contributed by atoms with Gasteiger partial charge in [-0.15, -0.1) is 0 Å². The van der Waals surface area contributed by atoms with Gasteiger partial charge in [-0.05, 0) is 69.0 Å². The van der Waals surface area contributed by atoms with E-state index in [1.807, 2.05) is 0 Å². The molecule has 1 saturated carbocycles. The normalized spacial score (nSPS) is 36.7. The second-order valence-corrected chi connectivity index (χ2v) is 24.3. The highest BCUT2D eigenvalue weighted by molar-refractivity contribution is 8.68. The molecule has 3 aliphatic rings. The van der Waals surface area contributed by atoms with E-state index in [0.717, 1.165) is 19.3 Å². The summed E-state index contributed by atoms with van der Waals surface area (Å²) in [6.07, 6.45) is 1.30. The highest BCUT2D eigenvalue weighted by Gasteiger charge is 2.55. The lowest BCUT2D eigenvalue weighted by Crippen LogP contribution is -2.49. The quantitative estimate of drug-likeness (QED) is 0.203. The van der Waals surface area contributed by atoms with Crippen LogP contribution in [0, 0.1) is 5.92 Å². The Morgan fingerprint density at radius 1 is 1.38 bits per heavy atom. The maximum atomic E-state index is 16.3. The van der Waals surface area contributed by atoms with Crippen LogP contribution < -0.4 is 0 Å². The van der Waals surface area contributed by atoms with E-state index in [4.69, 9.17) is 30.0 Å². The number of alkyl halides is 1. The van der Waals surface area contributed by atoms with Crippen molar-refractivity contribution in [3.8, 4) is 5.88 Å². The second kappa shape index (κ2) is 10.7. The van der Waals surface area contributed by atoms with Gasteiger partial charge >= 0.3 is 0 Å². The number of imidazole rings is 1. The Balaban J connectivity index is 1.38. The maximum absolute atomic E-state index is 16.3. The zero-order chi connectivity index (χ0) is 29.3.